The maximum Gasteiger partial charge on any atom is 0.253 e. The quantitative estimate of drug-likeness (QED) is 0.764. The van der Waals surface area contributed by atoms with E-state index in [0.29, 0.717) is 16.1 Å². The van der Waals surface area contributed by atoms with E-state index in [-0.39, 0.29) is 6.54 Å². The molecule has 0 unspecified atom stereocenters. The van der Waals surface area contributed by atoms with Gasteiger partial charge in [-0.2, -0.15) is 0 Å². The first-order valence-corrected chi connectivity index (χ1v) is 7.59. The first-order chi connectivity index (χ1) is 10.9. The number of hydrogen-bond acceptors (Lipinski definition) is 5. The van der Waals surface area contributed by atoms with Crippen LogP contribution in [0.2, 0.25) is 0 Å². The van der Waals surface area contributed by atoms with Crippen LogP contribution in [0.25, 0.3) is 0 Å². The van der Waals surface area contributed by atoms with Crippen molar-refractivity contribution in [3.05, 3.63) is 46.1 Å². The molecule has 8 heteroatoms. The van der Waals surface area contributed by atoms with E-state index in [9.17, 15) is 14.4 Å². The van der Waals surface area contributed by atoms with Crippen LogP contribution < -0.4 is 16.4 Å². The van der Waals surface area contributed by atoms with Gasteiger partial charge < -0.3 is 16.4 Å². The summed E-state index contributed by atoms with van der Waals surface area (Å²) in [5, 5.41) is 5.49. The van der Waals surface area contributed by atoms with Crippen molar-refractivity contribution in [2.45, 2.75) is 13.8 Å². The van der Waals surface area contributed by atoms with Crippen LogP contribution in [-0.4, -0.2) is 29.3 Å². The highest BCUT2D eigenvalue weighted by Gasteiger charge is 2.19. The summed E-state index contributed by atoms with van der Waals surface area (Å²) in [5.41, 5.74) is 6.76. The summed E-state index contributed by atoms with van der Waals surface area (Å²) in [7, 11) is 0. The standard InChI is InChI=1S/C15H16N4O3S/c1-8-9(2)23-15(12(8)13(16)21)19-11(20)7-18-14(22)10-4-3-5-17-6-10/h3-6H,7H2,1-2H3,(H2,16,21)(H,18,22)(H,19,20). The molecule has 0 bridgehead atoms. The van der Waals surface area contributed by atoms with Gasteiger partial charge in [0.1, 0.15) is 5.00 Å². The Balaban J connectivity index is 2.00. The molecule has 0 saturated heterocycles. The number of nitrogens with two attached hydrogens (primary N) is 1. The Labute approximate surface area is 136 Å². The van der Waals surface area contributed by atoms with Crippen molar-refractivity contribution in [3.63, 3.8) is 0 Å². The van der Waals surface area contributed by atoms with Crippen molar-refractivity contribution < 1.29 is 14.4 Å². The van der Waals surface area contributed by atoms with E-state index in [1.54, 1.807) is 25.3 Å². The van der Waals surface area contributed by atoms with E-state index in [1.165, 1.54) is 17.5 Å². The lowest BCUT2D eigenvalue weighted by molar-refractivity contribution is -0.115. The number of aryl methyl sites for hydroxylation is 1. The molecule has 0 aliphatic carbocycles. The van der Waals surface area contributed by atoms with Crippen LogP contribution in [0.1, 0.15) is 31.2 Å². The molecule has 0 aliphatic heterocycles. The van der Waals surface area contributed by atoms with E-state index in [1.807, 2.05) is 6.92 Å². The van der Waals surface area contributed by atoms with Crippen molar-refractivity contribution >= 4 is 34.1 Å². The van der Waals surface area contributed by atoms with Crippen LogP contribution in [-0.2, 0) is 4.79 Å². The highest BCUT2D eigenvalue weighted by Crippen LogP contribution is 2.31. The lowest BCUT2D eigenvalue weighted by atomic mass is 10.1. The molecule has 0 radical (unpaired) electrons. The zero-order valence-corrected chi connectivity index (χ0v) is 13.5. The second-order valence-electron chi connectivity index (χ2n) is 4.82. The minimum Gasteiger partial charge on any atom is -0.365 e. The molecule has 120 valence electrons. The van der Waals surface area contributed by atoms with Gasteiger partial charge in [-0.3, -0.25) is 19.4 Å². The lowest BCUT2D eigenvalue weighted by Crippen LogP contribution is -2.33. The van der Waals surface area contributed by atoms with Crippen molar-refractivity contribution in [2.24, 2.45) is 5.73 Å². The topological polar surface area (TPSA) is 114 Å². The number of carbonyl (C=O) groups excluding carboxylic acids is 3. The predicted molar refractivity (Wildman–Crippen MR) is 87.5 cm³/mol. The molecule has 4 N–H and O–H groups in total. The van der Waals surface area contributed by atoms with Crippen LogP contribution >= 0.6 is 11.3 Å². The molecular weight excluding hydrogens is 316 g/mol. The van der Waals surface area contributed by atoms with Crippen LogP contribution in [0.3, 0.4) is 0 Å². The van der Waals surface area contributed by atoms with Gasteiger partial charge in [0, 0.05) is 17.3 Å². The molecule has 0 aliphatic rings. The highest BCUT2D eigenvalue weighted by atomic mass is 32.1. The Morgan fingerprint density at radius 3 is 2.65 bits per heavy atom. The minimum atomic E-state index is -0.596. The van der Waals surface area contributed by atoms with Gasteiger partial charge in [0.2, 0.25) is 5.91 Å². The second kappa shape index (κ2) is 7.01. The van der Waals surface area contributed by atoms with E-state index < -0.39 is 17.7 Å². The van der Waals surface area contributed by atoms with Crippen LogP contribution in [0.15, 0.2) is 24.5 Å². The Bertz CT molecular complexity index is 756. The number of hydrogen-bond donors (Lipinski definition) is 3. The zero-order valence-electron chi connectivity index (χ0n) is 12.7. The summed E-state index contributed by atoms with van der Waals surface area (Å²) < 4.78 is 0. The number of anilines is 1. The largest absolute Gasteiger partial charge is 0.365 e. The molecular formula is C15H16N4O3S. The Hall–Kier alpha value is -2.74. The van der Waals surface area contributed by atoms with Gasteiger partial charge in [-0.1, -0.05) is 0 Å². The fourth-order valence-electron chi connectivity index (χ4n) is 1.94. The molecule has 0 aromatic carbocycles. The minimum absolute atomic E-state index is 0.220. The Morgan fingerprint density at radius 2 is 2.04 bits per heavy atom. The summed E-state index contributed by atoms with van der Waals surface area (Å²) in [4.78, 5) is 40.0. The Morgan fingerprint density at radius 1 is 1.30 bits per heavy atom. The number of amides is 3. The molecule has 0 spiro atoms. The molecule has 2 aromatic rings. The van der Waals surface area contributed by atoms with Gasteiger partial charge in [0.15, 0.2) is 0 Å². The number of carbonyl (C=O) groups is 3. The molecule has 3 amide bonds. The maximum atomic E-state index is 12.0. The van der Waals surface area contributed by atoms with Crippen molar-refractivity contribution in [1.29, 1.82) is 0 Å². The fourth-order valence-corrected chi connectivity index (χ4v) is 3.02. The van der Waals surface area contributed by atoms with Gasteiger partial charge in [-0.25, -0.2) is 0 Å². The van der Waals surface area contributed by atoms with Gasteiger partial charge in [-0.15, -0.1) is 11.3 Å². The van der Waals surface area contributed by atoms with Crippen molar-refractivity contribution in [1.82, 2.24) is 10.3 Å². The molecule has 0 fully saturated rings. The highest BCUT2D eigenvalue weighted by molar-refractivity contribution is 7.16. The SMILES string of the molecule is Cc1sc(NC(=O)CNC(=O)c2cccnc2)c(C(N)=O)c1C. The number of rotatable bonds is 5. The van der Waals surface area contributed by atoms with E-state index in [0.717, 1.165) is 10.4 Å². The first-order valence-electron chi connectivity index (χ1n) is 6.78. The van der Waals surface area contributed by atoms with E-state index >= 15 is 0 Å². The number of thiophene rings is 1. The van der Waals surface area contributed by atoms with Gasteiger partial charge in [-0.05, 0) is 31.5 Å². The number of nitrogens with one attached hydrogen (secondary N) is 2. The number of aromatic nitrogens is 1. The van der Waals surface area contributed by atoms with E-state index in [4.69, 9.17) is 5.73 Å². The number of nitrogens with zero attached hydrogens (tertiary/aromatic N) is 1. The van der Waals surface area contributed by atoms with Crippen LogP contribution in [0.4, 0.5) is 5.00 Å². The second-order valence-corrected chi connectivity index (χ2v) is 6.05. The average molecular weight is 332 g/mol. The first kappa shape index (κ1) is 16.6. The molecule has 0 saturated carbocycles. The smallest absolute Gasteiger partial charge is 0.253 e. The normalized spacial score (nSPS) is 10.2. The predicted octanol–water partition coefficient (Wildman–Crippen LogP) is 1.23. The summed E-state index contributed by atoms with van der Waals surface area (Å²) in [6.45, 7) is 3.39. The fraction of sp³-hybridized carbons (Fsp3) is 0.200. The third-order valence-corrected chi connectivity index (χ3v) is 4.34. The summed E-state index contributed by atoms with van der Waals surface area (Å²) in [5.74, 6) is -1.44. The van der Waals surface area contributed by atoms with Gasteiger partial charge in [0.25, 0.3) is 11.8 Å². The Kier molecular flexibility index (Phi) is 5.07. The van der Waals surface area contributed by atoms with Gasteiger partial charge >= 0.3 is 0 Å². The van der Waals surface area contributed by atoms with E-state index in [2.05, 4.69) is 15.6 Å². The summed E-state index contributed by atoms with van der Waals surface area (Å²) in [6, 6.07) is 3.22. The maximum absolute atomic E-state index is 12.0. The van der Waals surface area contributed by atoms with Crippen molar-refractivity contribution in [2.75, 3.05) is 11.9 Å². The molecule has 2 heterocycles. The molecule has 7 nitrogen and oxygen atoms in total. The average Bonchev–Trinajstić information content (AvgIpc) is 2.80. The monoisotopic (exact) mass is 332 g/mol. The third-order valence-electron chi connectivity index (χ3n) is 3.22. The molecule has 2 aromatic heterocycles. The zero-order chi connectivity index (χ0) is 17.0. The van der Waals surface area contributed by atoms with Crippen LogP contribution in [0, 0.1) is 13.8 Å². The summed E-state index contributed by atoms with van der Waals surface area (Å²) in [6.07, 6.45) is 2.96. The summed E-state index contributed by atoms with van der Waals surface area (Å²) >= 11 is 1.27. The molecule has 0 atom stereocenters. The third kappa shape index (κ3) is 3.92. The van der Waals surface area contributed by atoms with Crippen LogP contribution in [0.5, 0.6) is 0 Å². The van der Waals surface area contributed by atoms with Gasteiger partial charge in [0.05, 0.1) is 17.7 Å². The molecule has 2 rings (SSSR count). The van der Waals surface area contributed by atoms with Crippen molar-refractivity contribution in [3.8, 4) is 0 Å². The molecule has 23 heavy (non-hydrogen) atoms. The lowest BCUT2D eigenvalue weighted by Gasteiger charge is -2.07. The number of pyridine rings is 1. The number of primary amides is 1.